The molecule has 0 spiro atoms. The minimum absolute atomic E-state index is 0.216. The molecule has 0 N–H and O–H groups in total. The van der Waals surface area contributed by atoms with Crippen molar-refractivity contribution in [1.29, 1.82) is 0 Å². The highest BCUT2D eigenvalue weighted by Gasteiger charge is 2.08. The summed E-state index contributed by atoms with van der Waals surface area (Å²) in [5.74, 6) is 0. The zero-order chi connectivity index (χ0) is 5.11. The van der Waals surface area contributed by atoms with Crippen LogP contribution in [0.4, 0.5) is 4.79 Å². The largest absolute Gasteiger partial charge is 0.327 e. The Morgan fingerprint density at radius 3 is 3.00 bits per heavy atom. The maximum absolute atomic E-state index is 10.1. The fourth-order valence-corrected chi connectivity index (χ4v) is 0.695. The summed E-state index contributed by atoms with van der Waals surface area (Å²) in [4.78, 5) is 10.1. The number of amides is 1. The van der Waals surface area contributed by atoms with Crippen LogP contribution in [0.5, 0.6) is 0 Å². The summed E-state index contributed by atoms with van der Waals surface area (Å²) in [6, 6.07) is 0. The molecule has 0 saturated carbocycles. The molecule has 0 bridgehead atoms. The van der Waals surface area contributed by atoms with Crippen LogP contribution in [0, 0.1) is 0 Å². The van der Waals surface area contributed by atoms with Crippen LogP contribution in [0.15, 0.2) is 0 Å². The molecule has 0 aromatic heterocycles. The van der Waals surface area contributed by atoms with Crippen molar-refractivity contribution >= 4 is 17.3 Å². The van der Waals surface area contributed by atoms with Crippen molar-refractivity contribution in [3.63, 3.8) is 0 Å². The molecule has 39 valence electrons. The van der Waals surface area contributed by atoms with Crippen molar-refractivity contribution in [2.24, 2.45) is 0 Å². The van der Waals surface area contributed by atoms with Crippen LogP contribution < -0.4 is 5.32 Å². The van der Waals surface area contributed by atoms with E-state index in [2.05, 4.69) is 9.50 Å². The first kappa shape index (κ1) is 4.93. The van der Waals surface area contributed by atoms with Crippen molar-refractivity contribution in [1.82, 2.24) is 5.32 Å². The van der Waals surface area contributed by atoms with Gasteiger partial charge in [-0.2, -0.15) is 0 Å². The number of rotatable bonds is 0. The molecule has 1 fully saturated rings. The second-order valence-electron chi connectivity index (χ2n) is 1.05. The first-order valence-corrected chi connectivity index (χ1v) is 2.65. The monoisotopic (exact) mass is 118 g/mol. The highest BCUT2D eigenvalue weighted by molar-refractivity contribution is 8.09. The summed E-state index contributed by atoms with van der Waals surface area (Å²) in [7, 11) is 0. The lowest BCUT2D eigenvalue weighted by Gasteiger charge is -2.05. The van der Waals surface area contributed by atoms with Gasteiger partial charge < -0.3 is 4.18 Å². The summed E-state index contributed by atoms with van der Waals surface area (Å²) >= 11 is 0.812. The molecule has 4 heteroatoms. The smallest absolute Gasteiger partial charge is 0.305 e. The van der Waals surface area contributed by atoms with Crippen molar-refractivity contribution < 1.29 is 8.98 Å². The summed E-state index contributed by atoms with van der Waals surface area (Å²) < 4.78 is 4.66. The Kier molecular flexibility index (Phi) is 1.54. The van der Waals surface area contributed by atoms with Gasteiger partial charge in [-0.05, 0) is 0 Å². The van der Waals surface area contributed by atoms with E-state index in [1.165, 1.54) is 0 Å². The van der Waals surface area contributed by atoms with Crippen molar-refractivity contribution in [3.8, 4) is 0 Å². The van der Waals surface area contributed by atoms with Crippen LogP contribution in [0.1, 0.15) is 0 Å². The summed E-state index contributed by atoms with van der Waals surface area (Å²) in [6.45, 7) is 1.09. The number of nitrogens with zero attached hydrogens (tertiary/aromatic N) is 1. The van der Waals surface area contributed by atoms with E-state index in [0.29, 0.717) is 13.2 Å². The molecule has 1 radical (unpaired) electrons. The fourth-order valence-electron chi connectivity index (χ4n) is 0.293. The van der Waals surface area contributed by atoms with Crippen LogP contribution >= 0.6 is 12.0 Å². The maximum atomic E-state index is 10.1. The SMILES string of the molecule is O=C1[N]CCOS1. The number of carbonyl (C=O) groups is 1. The maximum Gasteiger partial charge on any atom is 0.327 e. The minimum atomic E-state index is -0.216. The lowest BCUT2D eigenvalue weighted by Crippen LogP contribution is -2.20. The third-order valence-electron chi connectivity index (χ3n) is 0.546. The van der Waals surface area contributed by atoms with Gasteiger partial charge in [0.25, 0.3) is 0 Å². The molecule has 0 aromatic carbocycles. The van der Waals surface area contributed by atoms with E-state index in [1.54, 1.807) is 0 Å². The van der Waals surface area contributed by atoms with E-state index >= 15 is 0 Å². The Morgan fingerprint density at radius 1 is 1.86 bits per heavy atom. The van der Waals surface area contributed by atoms with Crippen LogP contribution in [-0.2, 0) is 4.18 Å². The minimum Gasteiger partial charge on any atom is -0.305 e. The summed E-state index contributed by atoms with van der Waals surface area (Å²) in [5.41, 5.74) is 0. The molecular formula is C3H4NO2S. The highest BCUT2D eigenvalue weighted by Crippen LogP contribution is 2.06. The first-order valence-electron chi connectivity index (χ1n) is 1.90. The average Bonchev–Trinajstić information content (AvgIpc) is 1.69. The van der Waals surface area contributed by atoms with Crippen LogP contribution in [0.2, 0.25) is 0 Å². The lowest BCUT2D eigenvalue weighted by molar-refractivity contribution is 0.248. The molecule has 1 aliphatic rings. The molecule has 1 saturated heterocycles. The van der Waals surface area contributed by atoms with Gasteiger partial charge in [0.2, 0.25) is 0 Å². The normalized spacial score (nSPS) is 21.4. The molecule has 0 unspecified atom stereocenters. The standard InChI is InChI=1S/C3H4NO2S/c5-3-4-1-2-6-7-3/h1-2H2. The first-order chi connectivity index (χ1) is 3.39. The van der Waals surface area contributed by atoms with Gasteiger partial charge in [0.05, 0.1) is 25.2 Å². The summed E-state index contributed by atoms with van der Waals surface area (Å²) in [6.07, 6.45) is 0. The van der Waals surface area contributed by atoms with E-state index in [1.807, 2.05) is 0 Å². The molecule has 3 nitrogen and oxygen atoms in total. The second-order valence-corrected chi connectivity index (χ2v) is 1.80. The number of hydrogen-bond acceptors (Lipinski definition) is 3. The zero-order valence-corrected chi connectivity index (χ0v) is 4.40. The third-order valence-corrected chi connectivity index (χ3v) is 1.10. The lowest BCUT2D eigenvalue weighted by atomic mass is 10.7. The third kappa shape index (κ3) is 1.36. The molecule has 0 aliphatic carbocycles. The quantitative estimate of drug-likeness (QED) is 0.432. The molecule has 7 heavy (non-hydrogen) atoms. The Labute approximate surface area is 45.6 Å². The van der Waals surface area contributed by atoms with Gasteiger partial charge >= 0.3 is 5.24 Å². The van der Waals surface area contributed by atoms with Gasteiger partial charge in [0, 0.05) is 0 Å². The molecule has 1 aliphatic heterocycles. The van der Waals surface area contributed by atoms with Crippen molar-refractivity contribution in [3.05, 3.63) is 0 Å². The van der Waals surface area contributed by atoms with E-state index < -0.39 is 0 Å². The molecule has 0 aromatic rings. The van der Waals surface area contributed by atoms with Gasteiger partial charge in [0.1, 0.15) is 0 Å². The molecule has 1 amide bonds. The number of hydrogen-bond donors (Lipinski definition) is 0. The Hall–Kier alpha value is -0.220. The van der Waals surface area contributed by atoms with Gasteiger partial charge in [0.15, 0.2) is 0 Å². The van der Waals surface area contributed by atoms with Gasteiger partial charge in [-0.1, -0.05) is 0 Å². The average molecular weight is 118 g/mol. The second kappa shape index (κ2) is 2.18. The predicted octanol–water partition coefficient (Wildman–Crippen LogP) is 0.389. The van der Waals surface area contributed by atoms with Crippen LogP contribution in [0.25, 0.3) is 0 Å². The Morgan fingerprint density at radius 2 is 2.71 bits per heavy atom. The van der Waals surface area contributed by atoms with Gasteiger partial charge in [-0.15, -0.1) is 0 Å². The molecule has 1 heterocycles. The topological polar surface area (TPSA) is 40.4 Å². The summed E-state index contributed by atoms with van der Waals surface area (Å²) in [5, 5.41) is 3.31. The van der Waals surface area contributed by atoms with E-state index in [9.17, 15) is 4.79 Å². The highest BCUT2D eigenvalue weighted by atomic mass is 32.2. The van der Waals surface area contributed by atoms with Crippen molar-refractivity contribution in [2.45, 2.75) is 0 Å². The van der Waals surface area contributed by atoms with E-state index in [-0.39, 0.29) is 5.24 Å². The number of carbonyl (C=O) groups excluding carboxylic acids is 1. The zero-order valence-electron chi connectivity index (χ0n) is 3.59. The van der Waals surface area contributed by atoms with Gasteiger partial charge in [-0.3, -0.25) is 4.79 Å². The Balaban J connectivity index is 2.25. The van der Waals surface area contributed by atoms with Crippen molar-refractivity contribution in [2.75, 3.05) is 13.2 Å². The Bertz CT molecular complexity index is 77.0. The fraction of sp³-hybridized carbons (Fsp3) is 0.667. The van der Waals surface area contributed by atoms with E-state index in [4.69, 9.17) is 0 Å². The predicted molar refractivity (Wildman–Crippen MR) is 25.9 cm³/mol. The van der Waals surface area contributed by atoms with Gasteiger partial charge in [-0.25, -0.2) is 5.32 Å². The molecular weight excluding hydrogens is 114 g/mol. The molecule has 1 rings (SSSR count). The van der Waals surface area contributed by atoms with Crippen LogP contribution in [-0.4, -0.2) is 18.4 Å². The molecule has 0 atom stereocenters. The van der Waals surface area contributed by atoms with E-state index in [0.717, 1.165) is 12.0 Å². The van der Waals surface area contributed by atoms with Crippen LogP contribution in [0.3, 0.4) is 0 Å².